The molecule has 0 aliphatic carbocycles. The van der Waals surface area contributed by atoms with Crippen LogP contribution < -0.4 is 4.74 Å². The van der Waals surface area contributed by atoms with E-state index in [2.05, 4.69) is 18.1 Å². The monoisotopic (exact) mass is 382 g/mol. The molecule has 0 bridgehead atoms. The van der Waals surface area contributed by atoms with Crippen LogP contribution in [0.3, 0.4) is 0 Å². The quantitative estimate of drug-likeness (QED) is 0.704. The van der Waals surface area contributed by atoms with E-state index >= 15 is 0 Å². The summed E-state index contributed by atoms with van der Waals surface area (Å²) in [5.41, 5.74) is 4.16. The van der Waals surface area contributed by atoms with E-state index in [1.54, 1.807) is 12.0 Å². The van der Waals surface area contributed by atoms with E-state index in [1.807, 2.05) is 42.5 Å². The SMILES string of the molecule is COCC(=O)N(Cc1cccc(OC)c1)CC1CC(c2ccccc2C)=NO1. The summed E-state index contributed by atoms with van der Waals surface area (Å²) in [4.78, 5) is 20.0. The third-order valence-corrected chi connectivity index (χ3v) is 4.74. The van der Waals surface area contributed by atoms with Crippen LogP contribution in [0.5, 0.6) is 5.75 Å². The molecule has 3 rings (SSSR count). The molecule has 2 aromatic rings. The maximum atomic E-state index is 12.6. The van der Waals surface area contributed by atoms with Crippen molar-refractivity contribution in [3.05, 3.63) is 65.2 Å². The second-order valence-corrected chi connectivity index (χ2v) is 6.84. The molecule has 0 aromatic heterocycles. The molecule has 2 aromatic carbocycles. The van der Waals surface area contributed by atoms with Crippen molar-refractivity contribution in [2.45, 2.75) is 26.0 Å². The van der Waals surface area contributed by atoms with E-state index in [-0.39, 0.29) is 18.6 Å². The molecule has 148 valence electrons. The first-order valence-electron chi connectivity index (χ1n) is 9.29. The van der Waals surface area contributed by atoms with Crippen LogP contribution in [0.15, 0.2) is 53.7 Å². The van der Waals surface area contributed by atoms with Crippen molar-refractivity contribution in [1.29, 1.82) is 0 Å². The summed E-state index contributed by atoms with van der Waals surface area (Å²) < 4.78 is 10.3. The topological polar surface area (TPSA) is 60.4 Å². The molecule has 1 aliphatic heterocycles. The Bertz CT molecular complexity index is 850. The molecule has 1 heterocycles. The van der Waals surface area contributed by atoms with Gasteiger partial charge in [-0.3, -0.25) is 4.79 Å². The zero-order valence-corrected chi connectivity index (χ0v) is 16.6. The van der Waals surface area contributed by atoms with Crippen molar-refractivity contribution in [3.63, 3.8) is 0 Å². The maximum Gasteiger partial charge on any atom is 0.248 e. The lowest BCUT2D eigenvalue weighted by atomic mass is 10.00. The molecule has 1 aliphatic rings. The highest BCUT2D eigenvalue weighted by molar-refractivity contribution is 6.02. The zero-order valence-electron chi connectivity index (χ0n) is 16.6. The number of rotatable bonds is 8. The Labute approximate surface area is 165 Å². The molecular weight excluding hydrogens is 356 g/mol. The highest BCUT2D eigenvalue weighted by atomic mass is 16.6. The molecule has 6 nitrogen and oxygen atoms in total. The van der Waals surface area contributed by atoms with Gasteiger partial charge in [0.05, 0.1) is 19.4 Å². The Balaban J connectivity index is 1.68. The minimum absolute atomic E-state index is 0.0300. The summed E-state index contributed by atoms with van der Waals surface area (Å²) in [5, 5.41) is 4.27. The van der Waals surface area contributed by atoms with Gasteiger partial charge in [0.2, 0.25) is 5.91 Å². The van der Waals surface area contributed by atoms with Gasteiger partial charge in [0.1, 0.15) is 12.4 Å². The Morgan fingerprint density at radius 1 is 1.21 bits per heavy atom. The molecular formula is C22H26N2O4. The summed E-state index contributed by atoms with van der Waals surface area (Å²) in [6.45, 7) is 2.99. The average Bonchev–Trinajstić information content (AvgIpc) is 3.16. The summed E-state index contributed by atoms with van der Waals surface area (Å²) in [6, 6.07) is 15.8. The van der Waals surface area contributed by atoms with E-state index in [9.17, 15) is 4.79 Å². The van der Waals surface area contributed by atoms with Crippen LogP contribution in [0.1, 0.15) is 23.1 Å². The van der Waals surface area contributed by atoms with Gasteiger partial charge >= 0.3 is 0 Å². The second kappa shape index (κ2) is 9.37. The van der Waals surface area contributed by atoms with Gasteiger partial charge in [-0.1, -0.05) is 41.6 Å². The van der Waals surface area contributed by atoms with Crippen LogP contribution in [0.25, 0.3) is 0 Å². The number of oxime groups is 1. The first kappa shape index (κ1) is 19.9. The van der Waals surface area contributed by atoms with Gasteiger partial charge < -0.3 is 19.2 Å². The number of nitrogens with zero attached hydrogens (tertiary/aromatic N) is 2. The molecule has 0 saturated carbocycles. The number of ether oxygens (including phenoxy) is 2. The fourth-order valence-electron chi connectivity index (χ4n) is 3.29. The number of carbonyl (C=O) groups is 1. The highest BCUT2D eigenvalue weighted by Crippen LogP contribution is 2.21. The minimum atomic E-state index is -0.180. The first-order valence-corrected chi connectivity index (χ1v) is 9.29. The van der Waals surface area contributed by atoms with Crippen molar-refractivity contribution < 1.29 is 19.1 Å². The number of carbonyl (C=O) groups excluding carboxylic acids is 1. The normalized spacial score (nSPS) is 15.7. The summed E-state index contributed by atoms with van der Waals surface area (Å²) >= 11 is 0. The molecule has 1 unspecified atom stereocenters. The smallest absolute Gasteiger partial charge is 0.248 e. The lowest BCUT2D eigenvalue weighted by Gasteiger charge is -2.25. The maximum absolute atomic E-state index is 12.6. The van der Waals surface area contributed by atoms with Crippen molar-refractivity contribution in [1.82, 2.24) is 4.90 Å². The van der Waals surface area contributed by atoms with Crippen LogP contribution in [0, 0.1) is 6.92 Å². The van der Waals surface area contributed by atoms with Gasteiger partial charge in [-0.15, -0.1) is 0 Å². The van der Waals surface area contributed by atoms with Gasteiger partial charge in [-0.2, -0.15) is 0 Å². The Morgan fingerprint density at radius 2 is 2.04 bits per heavy atom. The van der Waals surface area contributed by atoms with Gasteiger partial charge in [-0.05, 0) is 30.2 Å². The lowest BCUT2D eigenvalue weighted by molar-refractivity contribution is -0.137. The minimum Gasteiger partial charge on any atom is -0.497 e. The summed E-state index contributed by atoms with van der Waals surface area (Å²) in [5.74, 6) is 0.678. The average molecular weight is 382 g/mol. The molecule has 1 amide bonds. The van der Waals surface area contributed by atoms with E-state index in [0.717, 1.165) is 28.2 Å². The molecule has 28 heavy (non-hydrogen) atoms. The Hall–Kier alpha value is -2.86. The second-order valence-electron chi connectivity index (χ2n) is 6.84. The third kappa shape index (κ3) is 4.89. The number of benzene rings is 2. The molecule has 1 atom stereocenters. The lowest BCUT2D eigenvalue weighted by Crippen LogP contribution is -2.39. The van der Waals surface area contributed by atoms with Gasteiger partial charge in [0.25, 0.3) is 0 Å². The molecule has 0 radical (unpaired) electrons. The van der Waals surface area contributed by atoms with Crippen LogP contribution >= 0.6 is 0 Å². The van der Waals surface area contributed by atoms with Crippen molar-refractivity contribution in [2.75, 3.05) is 27.4 Å². The highest BCUT2D eigenvalue weighted by Gasteiger charge is 2.27. The van der Waals surface area contributed by atoms with Gasteiger partial charge in [0.15, 0.2) is 6.10 Å². The van der Waals surface area contributed by atoms with Crippen LogP contribution in [0.2, 0.25) is 0 Å². The predicted molar refractivity (Wildman–Crippen MR) is 107 cm³/mol. The van der Waals surface area contributed by atoms with Gasteiger partial charge in [-0.25, -0.2) is 0 Å². The number of hydrogen-bond donors (Lipinski definition) is 0. The zero-order chi connectivity index (χ0) is 19.9. The van der Waals surface area contributed by atoms with E-state index in [0.29, 0.717) is 19.5 Å². The summed E-state index contributed by atoms with van der Waals surface area (Å²) in [7, 11) is 3.15. The summed E-state index contributed by atoms with van der Waals surface area (Å²) in [6.07, 6.45) is 0.487. The van der Waals surface area contributed by atoms with E-state index < -0.39 is 0 Å². The van der Waals surface area contributed by atoms with Crippen molar-refractivity contribution >= 4 is 11.6 Å². The molecule has 6 heteroatoms. The molecule has 0 fully saturated rings. The predicted octanol–water partition coefficient (Wildman–Crippen LogP) is 3.17. The van der Waals surface area contributed by atoms with E-state index in [4.69, 9.17) is 14.3 Å². The molecule has 0 N–H and O–H groups in total. The van der Waals surface area contributed by atoms with Gasteiger partial charge in [0, 0.05) is 25.6 Å². The standard InChI is InChI=1S/C22H26N2O4/c1-16-7-4-5-10-20(16)21-12-19(28-23-21)14-24(22(25)15-26-2)13-17-8-6-9-18(11-17)27-3/h4-11,19H,12-15H2,1-3H3. The van der Waals surface area contributed by atoms with Crippen LogP contribution in [-0.2, 0) is 20.9 Å². The number of hydrogen-bond acceptors (Lipinski definition) is 5. The molecule has 0 spiro atoms. The fourth-order valence-corrected chi connectivity index (χ4v) is 3.29. The number of aryl methyl sites for hydroxylation is 1. The van der Waals surface area contributed by atoms with Crippen molar-refractivity contribution in [3.8, 4) is 5.75 Å². The first-order chi connectivity index (χ1) is 13.6. The van der Waals surface area contributed by atoms with E-state index in [1.165, 1.54) is 7.11 Å². The molecule has 0 saturated heterocycles. The Kier molecular flexibility index (Phi) is 6.66. The van der Waals surface area contributed by atoms with Crippen molar-refractivity contribution in [2.24, 2.45) is 5.16 Å². The number of amides is 1. The fraction of sp³-hybridized carbons (Fsp3) is 0.364. The largest absolute Gasteiger partial charge is 0.497 e. The number of methoxy groups -OCH3 is 2. The third-order valence-electron chi connectivity index (χ3n) is 4.74. The Morgan fingerprint density at radius 3 is 2.79 bits per heavy atom. The van der Waals surface area contributed by atoms with Crippen LogP contribution in [-0.4, -0.2) is 50.0 Å². The van der Waals surface area contributed by atoms with Crippen LogP contribution in [0.4, 0.5) is 0 Å².